The van der Waals surface area contributed by atoms with Crippen LogP contribution in [0.1, 0.15) is 6.92 Å². The Morgan fingerprint density at radius 2 is 1.89 bits per heavy atom. The molecule has 0 bridgehead atoms. The predicted molar refractivity (Wildman–Crippen MR) is 31.8 cm³/mol. The quantitative estimate of drug-likeness (QED) is 0.432. The molecule has 0 aromatic heterocycles. The molecule has 0 aliphatic carbocycles. The van der Waals surface area contributed by atoms with Crippen molar-refractivity contribution >= 4 is 21.2 Å². The molecule has 0 heterocycles. The fraction of sp³-hybridized carbons (Fsp3) is 1.00. The van der Waals surface area contributed by atoms with Crippen LogP contribution >= 0.6 is 0 Å². The van der Waals surface area contributed by atoms with Crippen molar-refractivity contribution < 1.29 is 21.7 Å². The van der Waals surface area contributed by atoms with Crippen LogP contribution < -0.4 is 0 Å². The van der Waals surface area contributed by atoms with Gasteiger partial charge in [0.05, 0.1) is 0 Å². The Morgan fingerprint density at radius 1 is 1.56 bits per heavy atom. The minimum absolute atomic E-state index is 0.936. The molecule has 0 saturated heterocycles. The molecule has 0 amide bonds. The lowest BCUT2D eigenvalue weighted by Gasteiger charge is -1.99. The van der Waals surface area contributed by atoms with Gasteiger partial charge in [0.1, 0.15) is 0 Å². The second-order valence-corrected chi connectivity index (χ2v) is 4.65. The van der Waals surface area contributed by atoms with Gasteiger partial charge in [-0.3, -0.25) is 4.55 Å². The number of hydrogen-bond acceptors (Lipinski definition) is 3. The Bertz CT molecular complexity index is 203. The number of hydrogen-bond donors (Lipinski definition) is 2. The van der Waals surface area contributed by atoms with Gasteiger partial charge in [-0.2, -0.15) is 8.42 Å². The van der Waals surface area contributed by atoms with Crippen molar-refractivity contribution in [2.45, 2.75) is 11.5 Å². The summed E-state index contributed by atoms with van der Waals surface area (Å²) in [5.74, 6) is 0. The van der Waals surface area contributed by atoms with Crippen molar-refractivity contribution in [2.75, 3.05) is 0 Å². The van der Waals surface area contributed by atoms with E-state index >= 15 is 0 Å². The molecule has 0 rings (SSSR count). The molecule has 0 saturated carbocycles. The van der Waals surface area contributed by atoms with Crippen LogP contribution in [0.5, 0.6) is 0 Å². The minimum Gasteiger partial charge on any atom is -0.305 e. The minimum atomic E-state index is -4.35. The van der Waals surface area contributed by atoms with Crippen LogP contribution in [0.4, 0.5) is 0 Å². The molecule has 0 radical (unpaired) electrons. The first-order chi connectivity index (χ1) is 3.85. The van der Waals surface area contributed by atoms with Crippen molar-refractivity contribution in [3.63, 3.8) is 0 Å². The van der Waals surface area contributed by atoms with Crippen molar-refractivity contribution in [1.29, 1.82) is 0 Å². The van der Waals surface area contributed by atoms with Gasteiger partial charge in [0.2, 0.25) is 0 Å². The van der Waals surface area contributed by atoms with Crippen molar-refractivity contribution in [2.24, 2.45) is 0 Å². The molecular formula is C2H6O5S2. The van der Waals surface area contributed by atoms with Crippen LogP contribution in [0, 0.1) is 0 Å². The molecule has 0 aromatic rings. The van der Waals surface area contributed by atoms with E-state index in [1.807, 2.05) is 0 Å². The van der Waals surface area contributed by atoms with Crippen LogP contribution in [0.15, 0.2) is 0 Å². The number of rotatable bonds is 2. The molecule has 56 valence electrons. The highest BCUT2D eigenvalue weighted by Gasteiger charge is 2.22. The SMILES string of the molecule is CC(S(=O)O)S(=O)(=O)O. The summed E-state index contributed by atoms with van der Waals surface area (Å²) < 4.78 is 44.4. The van der Waals surface area contributed by atoms with Gasteiger partial charge in [-0.25, -0.2) is 4.21 Å². The first-order valence-corrected chi connectivity index (χ1v) is 4.59. The monoisotopic (exact) mass is 174 g/mol. The second kappa shape index (κ2) is 2.74. The van der Waals surface area contributed by atoms with Crippen molar-refractivity contribution in [1.82, 2.24) is 0 Å². The third-order valence-electron chi connectivity index (χ3n) is 0.703. The summed E-state index contributed by atoms with van der Waals surface area (Å²) in [7, 11) is -4.35. The Kier molecular flexibility index (Phi) is 2.74. The van der Waals surface area contributed by atoms with E-state index < -0.39 is 25.8 Å². The zero-order valence-electron chi connectivity index (χ0n) is 4.51. The summed E-state index contributed by atoms with van der Waals surface area (Å²) >= 11 is -2.52. The molecule has 0 aliphatic heterocycles. The largest absolute Gasteiger partial charge is 0.305 e. The Balaban J connectivity index is 4.43. The Labute approximate surface area is 55.1 Å². The lowest BCUT2D eigenvalue weighted by molar-refractivity contribution is 0.477. The molecular weight excluding hydrogens is 168 g/mol. The highest BCUT2D eigenvalue weighted by atomic mass is 32.3. The predicted octanol–water partition coefficient (Wildman–Crippen LogP) is -0.558. The van der Waals surface area contributed by atoms with E-state index in [2.05, 4.69) is 0 Å². The first kappa shape index (κ1) is 9.02. The van der Waals surface area contributed by atoms with Gasteiger partial charge >= 0.3 is 0 Å². The summed E-state index contributed by atoms with van der Waals surface area (Å²) in [6.07, 6.45) is 0. The molecule has 2 N–H and O–H groups in total. The van der Waals surface area contributed by atoms with E-state index in [9.17, 15) is 12.6 Å². The Hall–Kier alpha value is 0.0200. The van der Waals surface area contributed by atoms with Gasteiger partial charge in [-0.15, -0.1) is 0 Å². The standard InChI is InChI=1S/C2H6O5S2/c1-2(8(3)4)9(5,6)7/h2H,1H3,(H,3,4)(H,5,6,7). The topological polar surface area (TPSA) is 91.7 Å². The molecule has 9 heavy (non-hydrogen) atoms. The van der Waals surface area contributed by atoms with E-state index in [-0.39, 0.29) is 0 Å². The zero-order chi connectivity index (χ0) is 7.65. The van der Waals surface area contributed by atoms with Crippen LogP contribution in [0.2, 0.25) is 0 Å². The van der Waals surface area contributed by atoms with Crippen LogP contribution in [0.3, 0.4) is 0 Å². The Morgan fingerprint density at radius 3 is 1.89 bits per heavy atom. The average Bonchev–Trinajstić information content (AvgIpc) is 1.62. The molecule has 0 aromatic carbocycles. The van der Waals surface area contributed by atoms with Gasteiger partial charge in [-0.05, 0) is 6.92 Å². The van der Waals surface area contributed by atoms with Gasteiger partial charge in [0.15, 0.2) is 15.7 Å². The molecule has 0 aliphatic rings. The van der Waals surface area contributed by atoms with E-state index in [0.29, 0.717) is 0 Å². The average molecular weight is 174 g/mol. The van der Waals surface area contributed by atoms with Crippen LogP contribution in [-0.2, 0) is 21.2 Å². The summed E-state index contributed by atoms with van der Waals surface area (Å²) in [5, 5.41) is 0. The normalized spacial score (nSPS) is 19.0. The van der Waals surface area contributed by atoms with Crippen LogP contribution in [-0.4, -0.2) is 26.3 Å². The maximum Gasteiger partial charge on any atom is 0.281 e. The van der Waals surface area contributed by atoms with Gasteiger partial charge in [-0.1, -0.05) is 0 Å². The maximum absolute atomic E-state index is 9.98. The van der Waals surface area contributed by atoms with Gasteiger partial charge in [0, 0.05) is 0 Å². The van der Waals surface area contributed by atoms with E-state index in [1.54, 1.807) is 0 Å². The third kappa shape index (κ3) is 2.89. The highest BCUT2D eigenvalue weighted by Crippen LogP contribution is 1.99. The van der Waals surface area contributed by atoms with Gasteiger partial charge < -0.3 is 4.55 Å². The van der Waals surface area contributed by atoms with E-state index in [4.69, 9.17) is 9.11 Å². The van der Waals surface area contributed by atoms with E-state index in [0.717, 1.165) is 6.92 Å². The molecule has 2 atom stereocenters. The van der Waals surface area contributed by atoms with E-state index in [1.165, 1.54) is 0 Å². The van der Waals surface area contributed by atoms with Crippen molar-refractivity contribution in [3.8, 4) is 0 Å². The fourth-order valence-electron chi connectivity index (χ4n) is 0.104. The molecule has 0 spiro atoms. The summed E-state index contributed by atoms with van der Waals surface area (Å²) in [6, 6.07) is 0. The summed E-state index contributed by atoms with van der Waals surface area (Å²) in [5.41, 5.74) is 0. The highest BCUT2D eigenvalue weighted by molar-refractivity contribution is 8.01. The second-order valence-electron chi connectivity index (χ2n) is 1.36. The zero-order valence-corrected chi connectivity index (χ0v) is 6.15. The lowest BCUT2D eigenvalue weighted by atomic mass is 11.0. The molecule has 5 nitrogen and oxygen atoms in total. The molecule has 0 fully saturated rings. The molecule has 2 unspecified atom stereocenters. The van der Waals surface area contributed by atoms with Crippen LogP contribution in [0.25, 0.3) is 0 Å². The summed E-state index contributed by atoms with van der Waals surface area (Å²) in [6.45, 7) is 0.936. The maximum atomic E-state index is 9.98. The van der Waals surface area contributed by atoms with Crippen molar-refractivity contribution in [3.05, 3.63) is 0 Å². The van der Waals surface area contributed by atoms with Gasteiger partial charge in [0.25, 0.3) is 10.1 Å². The lowest BCUT2D eigenvalue weighted by Crippen LogP contribution is -2.21. The molecule has 7 heteroatoms. The first-order valence-electron chi connectivity index (χ1n) is 1.91. The fourth-order valence-corrected chi connectivity index (χ4v) is 0.936. The smallest absolute Gasteiger partial charge is 0.281 e. The summed E-state index contributed by atoms with van der Waals surface area (Å²) in [4.78, 5) is 0. The third-order valence-corrected chi connectivity index (χ3v) is 3.33.